The lowest BCUT2D eigenvalue weighted by Gasteiger charge is -2.12. The molecule has 0 saturated heterocycles. The Labute approximate surface area is 198 Å². The van der Waals surface area contributed by atoms with Crippen molar-refractivity contribution in [1.82, 2.24) is 4.98 Å². The average Bonchev–Trinajstić information content (AvgIpc) is 2.75. The van der Waals surface area contributed by atoms with Gasteiger partial charge in [-0.3, -0.25) is 9.78 Å². The predicted molar refractivity (Wildman–Crippen MR) is 133 cm³/mol. The maximum Gasteiger partial charge on any atom is 0.323 e. The number of fused-ring (bicyclic) bond motifs is 1. The minimum absolute atomic E-state index is 0.286. The third-order valence-electron chi connectivity index (χ3n) is 4.63. The van der Waals surface area contributed by atoms with E-state index in [0.29, 0.717) is 38.6 Å². The molecule has 0 spiro atoms. The van der Waals surface area contributed by atoms with Gasteiger partial charge in [-0.15, -0.1) is 0 Å². The molecular formula is C24H18BrClN4O2. The molecule has 1 aromatic heterocycles. The summed E-state index contributed by atoms with van der Waals surface area (Å²) in [5.74, 6) is -0.286. The van der Waals surface area contributed by atoms with E-state index in [-0.39, 0.29) is 11.9 Å². The average molecular weight is 510 g/mol. The van der Waals surface area contributed by atoms with Crippen LogP contribution in [0.5, 0.6) is 0 Å². The summed E-state index contributed by atoms with van der Waals surface area (Å²) in [5, 5.41) is 9.70. The number of aryl methyl sites for hydroxylation is 1. The first-order valence-corrected chi connectivity index (χ1v) is 10.9. The highest BCUT2D eigenvalue weighted by molar-refractivity contribution is 9.10. The van der Waals surface area contributed by atoms with E-state index >= 15 is 0 Å². The zero-order valence-electron chi connectivity index (χ0n) is 16.9. The Kier molecular flexibility index (Phi) is 6.39. The van der Waals surface area contributed by atoms with Crippen molar-refractivity contribution >= 4 is 67.4 Å². The Morgan fingerprint density at radius 3 is 2.34 bits per heavy atom. The normalized spacial score (nSPS) is 10.6. The van der Waals surface area contributed by atoms with Gasteiger partial charge in [-0.1, -0.05) is 33.6 Å². The molecule has 1 heterocycles. The number of hydrogen-bond acceptors (Lipinski definition) is 3. The van der Waals surface area contributed by atoms with Gasteiger partial charge in [0.2, 0.25) is 0 Å². The molecule has 0 fully saturated rings. The van der Waals surface area contributed by atoms with Gasteiger partial charge >= 0.3 is 6.03 Å². The molecule has 160 valence electrons. The monoisotopic (exact) mass is 508 g/mol. The summed E-state index contributed by atoms with van der Waals surface area (Å²) in [6.07, 6.45) is 0. The number of carbonyl (C=O) groups is 2. The zero-order valence-corrected chi connectivity index (χ0v) is 19.3. The Hall–Kier alpha value is -3.42. The Morgan fingerprint density at radius 1 is 0.875 bits per heavy atom. The van der Waals surface area contributed by atoms with Gasteiger partial charge in [-0.05, 0) is 73.7 Å². The highest BCUT2D eigenvalue weighted by Crippen LogP contribution is 2.27. The third kappa shape index (κ3) is 5.25. The van der Waals surface area contributed by atoms with Crippen molar-refractivity contribution in [2.75, 3.05) is 16.0 Å². The molecule has 0 aliphatic carbocycles. The van der Waals surface area contributed by atoms with Crippen molar-refractivity contribution in [3.05, 3.63) is 93.5 Å². The number of halogens is 2. The van der Waals surface area contributed by atoms with Gasteiger partial charge in [-0.25, -0.2) is 4.79 Å². The van der Waals surface area contributed by atoms with E-state index in [0.717, 1.165) is 10.2 Å². The van der Waals surface area contributed by atoms with Crippen LogP contribution in [0.1, 0.15) is 16.1 Å². The van der Waals surface area contributed by atoms with Crippen molar-refractivity contribution in [1.29, 1.82) is 0 Å². The molecule has 3 amide bonds. The van der Waals surface area contributed by atoms with Crippen molar-refractivity contribution in [3.63, 3.8) is 0 Å². The number of nitrogens with zero attached hydrogens (tertiary/aromatic N) is 1. The van der Waals surface area contributed by atoms with Crippen molar-refractivity contribution in [2.24, 2.45) is 0 Å². The number of hydrogen-bond donors (Lipinski definition) is 3. The minimum Gasteiger partial charge on any atom is -0.321 e. The van der Waals surface area contributed by atoms with E-state index in [1.165, 1.54) is 0 Å². The number of aromatic nitrogens is 1. The molecule has 4 aromatic rings. The molecule has 4 rings (SSSR count). The first-order chi connectivity index (χ1) is 15.4. The number of pyridine rings is 1. The van der Waals surface area contributed by atoms with Crippen molar-refractivity contribution < 1.29 is 9.59 Å². The number of carbonyl (C=O) groups excluding carboxylic acids is 2. The number of anilines is 3. The van der Waals surface area contributed by atoms with Gasteiger partial charge in [0.05, 0.1) is 11.2 Å². The zero-order chi connectivity index (χ0) is 22.7. The Morgan fingerprint density at radius 2 is 1.59 bits per heavy atom. The van der Waals surface area contributed by atoms with Crippen LogP contribution in [0.4, 0.5) is 21.9 Å². The van der Waals surface area contributed by atoms with E-state index in [2.05, 4.69) is 36.9 Å². The molecule has 0 bridgehead atoms. The number of rotatable bonds is 4. The molecule has 0 radical (unpaired) electrons. The SMILES string of the molecule is Cc1cc(NC(=O)c2cccc(Cl)c2)c2cc(NC(=O)Nc3ccc(Br)cc3)ccc2n1. The Balaban J connectivity index is 1.58. The fourth-order valence-corrected chi connectivity index (χ4v) is 3.64. The molecule has 6 nitrogen and oxygen atoms in total. The summed E-state index contributed by atoms with van der Waals surface area (Å²) in [5.41, 5.74) is 3.73. The summed E-state index contributed by atoms with van der Waals surface area (Å²) in [7, 11) is 0. The van der Waals surface area contributed by atoms with Crippen LogP contribution in [0, 0.1) is 6.92 Å². The summed E-state index contributed by atoms with van der Waals surface area (Å²) < 4.78 is 0.924. The molecule has 3 aromatic carbocycles. The maximum atomic E-state index is 12.7. The van der Waals surface area contributed by atoms with E-state index in [4.69, 9.17) is 11.6 Å². The van der Waals surface area contributed by atoms with Gasteiger partial charge in [0, 0.05) is 37.5 Å². The first-order valence-electron chi connectivity index (χ1n) is 9.69. The highest BCUT2D eigenvalue weighted by Gasteiger charge is 2.12. The van der Waals surface area contributed by atoms with Crippen LogP contribution in [0.15, 0.2) is 77.3 Å². The maximum absolute atomic E-state index is 12.7. The number of nitrogens with one attached hydrogen (secondary N) is 3. The smallest absolute Gasteiger partial charge is 0.321 e. The molecule has 8 heteroatoms. The second kappa shape index (κ2) is 9.38. The lowest BCUT2D eigenvalue weighted by molar-refractivity contribution is 0.102. The lowest BCUT2D eigenvalue weighted by atomic mass is 10.1. The highest BCUT2D eigenvalue weighted by atomic mass is 79.9. The fourth-order valence-electron chi connectivity index (χ4n) is 3.19. The number of urea groups is 1. The summed E-state index contributed by atoms with van der Waals surface area (Å²) in [6, 6.07) is 20.7. The lowest BCUT2D eigenvalue weighted by Crippen LogP contribution is -2.19. The van der Waals surface area contributed by atoms with Gasteiger partial charge in [0.15, 0.2) is 0 Å². The van der Waals surface area contributed by atoms with Crippen LogP contribution in [0.2, 0.25) is 5.02 Å². The van der Waals surface area contributed by atoms with Crippen molar-refractivity contribution in [3.8, 4) is 0 Å². The van der Waals surface area contributed by atoms with Crippen LogP contribution in [0.3, 0.4) is 0 Å². The van der Waals surface area contributed by atoms with Gasteiger partial charge in [0.25, 0.3) is 5.91 Å². The van der Waals surface area contributed by atoms with Gasteiger partial charge < -0.3 is 16.0 Å². The van der Waals surface area contributed by atoms with Crippen LogP contribution < -0.4 is 16.0 Å². The Bertz CT molecular complexity index is 1330. The first kappa shape index (κ1) is 21.8. The van der Waals surface area contributed by atoms with Crippen LogP contribution in [-0.2, 0) is 0 Å². The second-order valence-corrected chi connectivity index (χ2v) is 8.45. The summed E-state index contributed by atoms with van der Waals surface area (Å²) in [6.45, 7) is 1.85. The fraction of sp³-hybridized carbons (Fsp3) is 0.0417. The minimum atomic E-state index is -0.378. The predicted octanol–water partition coefficient (Wildman–Crippen LogP) is 6.86. The van der Waals surface area contributed by atoms with Gasteiger partial charge in [0.1, 0.15) is 0 Å². The van der Waals surface area contributed by atoms with Crippen LogP contribution in [0.25, 0.3) is 10.9 Å². The van der Waals surface area contributed by atoms with E-state index in [1.54, 1.807) is 60.7 Å². The summed E-state index contributed by atoms with van der Waals surface area (Å²) >= 11 is 9.37. The van der Waals surface area contributed by atoms with Gasteiger partial charge in [-0.2, -0.15) is 0 Å². The number of amides is 3. The van der Waals surface area contributed by atoms with Crippen molar-refractivity contribution in [2.45, 2.75) is 6.92 Å². The molecule has 0 atom stereocenters. The van der Waals surface area contributed by atoms with Crippen LogP contribution in [-0.4, -0.2) is 16.9 Å². The summed E-state index contributed by atoms with van der Waals surface area (Å²) in [4.78, 5) is 29.7. The molecule has 0 aliphatic heterocycles. The third-order valence-corrected chi connectivity index (χ3v) is 5.40. The molecule has 0 unspecified atom stereocenters. The van der Waals surface area contributed by atoms with Crippen LogP contribution >= 0.6 is 27.5 Å². The topological polar surface area (TPSA) is 83.1 Å². The second-order valence-electron chi connectivity index (χ2n) is 7.09. The standard InChI is InChI=1S/C24H18BrClN4O2/c1-14-11-22(30-23(31)15-3-2-4-17(26)12-15)20-13-19(9-10-21(20)27-14)29-24(32)28-18-7-5-16(25)6-8-18/h2-13H,1H3,(H,27,30,31)(H2,28,29,32). The van der Waals surface area contributed by atoms with E-state index in [9.17, 15) is 9.59 Å². The molecule has 0 saturated carbocycles. The largest absolute Gasteiger partial charge is 0.323 e. The van der Waals surface area contributed by atoms with E-state index < -0.39 is 0 Å². The molecule has 0 aliphatic rings. The molecular weight excluding hydrogens is 492 g/mol. The van der Waals surface area contributed by atoms with E-state index in [1.807, 2.05) is 19.1 Å². The quantitative estimate of drug-likeness (QED) is 0.281. The number of benzene rings is 3. The molecule has 32 heavy (non-hydrogen) atoms. The molecule has 3 N–H and O–H groups in total.